The van der Waals surface area contributed by atoms with Gasteiger partial charge < -0.3 is 0 Å². The van der Waals surface area contributed by atoms with Crippen molar-refractivity contribution in [3.05, 3.63) is 0 Å². The minimum absolute atomic E-state index is 0.340. The maximum absolute atomic E-state index is 5.32. The molecule has 0 atom stereocenters. The van der Waals surface area contributed by atoms with E-state index in [2.05, 4.69) is 8.15 Å². The van der Waals surface area contributed by atoms with E-state index in [9.17, 15) is 0 Å². The Balaban J connectivity index is 4.13. The SMILES string of the molecule is CC(C)CON(OCC(C)C)P(OCl)OCl. The van der Waals surface area contributed by atoms with Crippen LogP contribution in [-0.4, -0.2) is 18.2 Å². The summed E-state index contributed by atoms with van der Waals surface area (Å²) in [6.45, 7) is 8.94. The first-order valence-corrected chi connectivity index (χ1v) is 6.69. The topological polar surface area (TPSA) is 40.2 Å². The van der Waals surface area contributed by atoms with Crippen molar-refractivity contribution in [2.45, 2.75) is 27.7 Å². The zero-order valence-corrected chi connectivity index (χ0v) is 12.3. The van der Waals surface area contributed by atoms with E-state index in [1.165, 1.54) is 0 Å². The van der Waals surface area contributed by atoms with Gasteiger partial charge in [-0.15, -0.1) is 0 Å². The summed E-state index contributed by atoms with van der Waals surface area (Å²) in [6, 6.07) is 0. The van der Waals surface area contributed by atoms with Crippen LogP contribution in [0.25, 0.3) is 0 Å². The molecule has 0 fully saturated rings. The molecule has 16 heavy (non-hydrogen) atoms. The minimum atomic E-state index is -1.76. The van der Waals surface area contributed by atoms with Crippen LogP contribution in [0.15, 0.2) is 0 Å². The summed E-state index contributed by atoms with van der Waals surface area (Å²) >= 11 is 10.4. The molecule has 0 saturated heterocycles. The van der Waals surface area contributed by atoms with Crippen molar-refractivity contribution in [3.63, 3.8) is 0 Å². The molecule has 0 aliphatic carbocycles. The second-order valence-corrected chi connectivity index (χ2v) is 5.90. The van der Waals surface area contributed by atoms with E-state index in [0.717, 1.165) is 5.00 Å². The Labute approximate surface area is 108 Å². The summed E-state index contributed by atoms with van der Waals surface area (Å²) < 4.78 is 8.97. The third-order valence-corrected chi connectivity index (χ3v) is 2.73. The largest absolute Gasteiger partial charge is 0.346 e. The third-order valence-electron chi connectivity index (χ3n) is 1.29. The van der Waals surface area contributed by atoms with Gasteiger partial charge in [0.05, 0.1) is 36.9 Å². The highest BCUT2D eigenvalue weighted by Gasteiger charge is 2.25. The molecule has 0 bridgehead atoms. The third kappa shape index (κ3) is 7.98. The fourth-order valence-corrected chi connectivity index (χ4v) is 1.62. The van der Waals surface area contributed by atoms with E-state index >= 15 is 0 Å². The highest BCUT2D eigenvalue weighted by atomic mass is 35.5. The first-order valence-electron chi connectivity index (χ1n) is 4.94. The molecule has 0 aliphatic rings. The van der Waals surface area contributed by atoms with Crippen molar-refractivity contribution in [1.29, 1.82) is 0 Å². The van der Waals surface area contributed by atoms with Gasteiger partial charge in [-0.05, 0) is 11.8 Å². The molecule has 0 N–H and O–H groups in total. The Bertz CT molecular complexity index is 160. The van der Waals surface area contributed by atoms with Crippen LogP contribution in [0.5, 0.6) is 0 Å². The summed E-state index contributed by atoms with van der Waals surface area (Å²) in [4.78, 5) is 11.7. The van der Waals surface area contributed by atoms with Gasteiger partial charge in [0.25, 0.3) is 0 Å². The van der Waals surface area contributed by atoms with Gasteiger partial charge in [0.2, 0.25) is 0 Å². The van der Waals surface area contributed by atoms with Crippen LogP contribution in [-0.2, 0) is 17.8 Å². The van der Waals surface area contributed by atoms with Crippen molar-refractivity contribution < 1.29 is 17.8 Å². The smallest absolute Gasteiger partial charge is 0.266 e. The lowest BCUT2D eigenvalue weighted by molar-refractivity contribution is -0.314. The highest BCUT2D eigenvalue weighted by molar-refractivity contribution is 7.46. The molecule has 0 aromatic rings. The molecule has 8 heteroatoms. The van der Waals surface area contributed by atoms with Crippen LogP contribution in [0.1, 0.15) is 27.7 Å². The van der Waals surface area contributed by atoms with Crippen molar-refractivity contribution >= 4 is 32.3 Å². The number of nitrogens with zero attached hydrogens (tertiary/aromatic N) is 1. The lowest BCUT2D eigenvalue weighted by Crippen LogP contribution is -2.24. The van der Waals surface area contributed by atoms with Crippen molar-refractivity contribution in [1.82, 2.24) is 5.00 Å². The van der Waals surface area contributed by atoms with Crippen LogP contribution >= 0.6 is 32.3 Å². The molecule has 0 spiro atoms. The normalized spacial score (nSPS) is 12.4. The molecule has 0 rings (SSSR count). The summed E-state index contributed by atoms with van der Waals surface area (Å²) in [5.74, 6) is 0.681. The van der Waals surface area contributed by atoms with Gasteiger partial charge in [-0.2, -0.15) is 0 Å². The molecule has 0 unspecified atom stereocenters. The minimum Gasteiger partial charge on any atom is -0.266 e. The predicted molar refractivity (Wildman–Crippen MR) is 64.2 cm³/mol. The Morgan fingerprint density at radius 1 is 0.938 bits per heavy atom. The number of halogens is 2. The fraction of sp³-hybridized carbons (Fsp3) is 1.00. The summed E-state index contributed by atoms with van der Waals surface area (Å²) in [5.41, 5.74) is 0. The van der Waals surface area contributed by atoms with Crippen molar-refractivity contribution in [3.8, 4) is 0 Å². The highest BCUT2D eigenvalue weighted by Crippen LogP contribution is 2.45. The van der Waals surface area contributed by atoms with E-state index < -0.39 is 8.53 Å². The molecule has 98 valence electrons. The molecule has 0 heterocycles. The molecule has 0 aromatic heterocycles. The molecule has 0 radical (unpaired) electrons. The number of rotatable bonds is 9. The Kier molecular flexibility index (Phi) is 10.3. The van der Waals surface area contributed by atoms with E-state index in [1.807, 2.05) is 27.7 Å². The summed E-state index contributed by atoms with van der Waals surface area (Å²) in [6.07, 6.45) is 0. The van der Waals surface area contributed by atoms with E-state index in [4.69, 9.17) is 33.4 Å². The quantitative estimate of drug-likeness (QED) is 0.474. The first kappa shape index (κ1) is 16.8. The molecule has 0 saturated carbocycles. The van der Waals surface area contributed by atoms with E-state index in [-0.39, 0.29) is 0 Å². The number of hydrogen-bond donors (Lipinski definition) is 0. The maximum Gasteiger partial charge on any atom is 0.346 e. The average Bonchev–Trinajstić information content (AvgIpc) is 2.22. The lowest BCUT2D eigenvalue weighted by atomic mass is 10.2. The zero-order chi connectivity index (χ0) is 12.6. The van der Waals surface area contributed by atoms with Crippen LogP contribution in [0, 0.1) is 11.8 Å². The molecular weight excluding hydrogens is 276 g/mol. The van der Waals surface area contributed by atoms with Crippen LogP contribution < -0.4 is 0 Å². The van der Waals surface area contributed by atoms with E-state index in [0.29, 0.717) is 25.0 Å². The summed E-state index contributed by atoms with van der Waals surface area (Å²) in [7, 11) is -1.76. The van der Waals surface area contributed by atoms with Gasteiger partial charge in [0.1, 0.15) is 0 Å². The van der Waals surface area contributed by atoms with Gasteiger partial charge in [0.15, 0.2) is 0 Å². The second kappa shape index (κ2) is 9.80. The van der Waals surface area contributed by atoms with Crippen LogP contribution in [0.3, 0.4) is 0 Å². The predicted octanol–water partition coefficient (Wildman–Crippen LogP) is 4.03. The first-order chi connectivity index (χ1) is 7.51. The molecule has 0 aliphatic heterocycles. The Morgan fingerprint density at radius 2 is 1.31 bits per heavy atom. The maximum atomic E-state index is 5.32. The Morgan fingerprint density at radius 3 is 1.56 bits per heavy atom. The Hall–Kier alpha value is 0.810. The molecule has 0 amide bonds. The summed E-state index contributed by atoms with van der Waals surface area (Å²) in [5, 5.41) is 0. The second-order valence-electron chi connectivity index (χ2n) is 3.99. The molecule has 5 nitrogen and oxygen atoms in total. The molecule has 0 aromatic carbocycles. The van der Waals surface area contributed by atoms with Gasteiger partial charge in [-0.25, -0.2) is 8.15 Å². The standard InChI is InChI=1S/C8H18Cl2NO4P/c1-7(2)5-12-11(13-6-8(3)4)16(14-9)15-10/h7-8H,5-6H2,1-4H3. The van der Waals surface area contributed by atoms with Gasteiger partial charge in [-0.1, -0.05) is 27.7 Å². The van der Waals surface area contributed by atoms with E-state index in [1.54, 1.807) is 0 Å². The molecular formula is C8H18Cl2NO4P. The van der Waals surface area contributed by atoms with Crippen LogP contribution in [0.2, 0.25) is 0 Å². The van der Waals surface area contributed by atoms with Gasteiger partial charge in [-0.3, -0.25) is 9.68 Å². The zero-order valence-electron chi connectivity index (χ0n) is 9.85. The fourth-order valence-electron chi connectivity index (χ4n) is 0.618. The van der Waals surface area contributed by atoms with Gasteiger partial charge in [0, 0.05) is 5.00 Å². The van der Waals surface area contributed by atoms with Crippen molar-refractivity contribution in [2.75, 3.05) is 13.2 Å². The van der Waals surface area contributed by atoms with Gasteiger partial charge >= 0.3 is 8.53 Å². The monoisotopic (exact) mass is 293 g/mol. The lowest BCUT2D eigenvalue weighted by Gasteiger charge is -2.24. The average molecular weight is 294 g/mol. The van der Waals surface area contributed by atoms with Crippen LogP contribution in [0.4, 0.5) is 0 Å². The van der Waals surface area contributed by atoms with Crippen molar-refractivity contribution in [2.24, 2.45) is 11.8 Å². The number of hydrogen-bond acceptors (Lipinski definition) is 5.